The molecule has 7 nitrogen and oxygen atoms in total. The number of pyridine rings is 1. The lowest BCUT2D eigenvalue weighted by Crippen LogP contribution is -2.54. The minimum Gasteiger partial charge on any atom is -0.316 e. The number of aromatic nitrogens is 2. The molecular formula is C32H32N4O3. The van der Waals surface area contributed by atoms with Crippen molar-refractivity contribution >= 4 is 29.6 Å². The lowest BCUT2D eigenvalue weighted by atomic mass is 9.48. The first-order valence-corrected chi connectivity index (χ1v) is 13.9. The summed E-state index contributed by atoms with van der Waals surface area (Å²) in [6, 6.07) is 13.0. The van der Waals surface area contributed by atoms with Gasteiger partial charge in [-0.2, -0.15) is 0 Å². The molecule has 0 spiro atoms. The Balaban J connectivity index is 1.19. The van der Waals surface area contributed by atoms with Gasteiger partial charge in [0.1, 0.15) is 5.57 Å². The van der Waals surface area contributed by atoms with E-state index in [9.17, 15) is 14.4 Å². The number of hydrogen-bond acceptors (Lipinski definition) is 4. The molecule has 4 bridgehead atoms. The Morgan fingerprint density at radius 3 is 2.21 bits per heavy atom. The van der Waals surface area contributed by atoms with Crippen molar-refractivity contribution in [2.45, 2.75) is 57.8 Å². The summed E-state index contributed by atoms with van der Waals surface area (Å²) < 4.78 is 2.02. The van der Waals surface area contributed by atoms with Gasteiger partial charge in [0.25, 0.3) is 11.8 Å². The van der Waals surface area contributed by atoms with Gasteiger partial charge in [-0.05, 0) is 123 Å². The summed E-state index contributed by atoms with van der Waals surface area (Å²) in [7, 11) is 0. The summed E-state index contributed by atoms with van der Waals surface area (Å²) >= 11 is 0. The number of urea groups is 1. The molecule has 2 aromatic heterocycles. The number of amides is 4. The first-order chi connectivity index (χ1) is 18.8. The molecule has 3 aromatic rings. The monoisotopic (exact) mass is 520 g/mol. The number of aryl methyl sites for hydroxylation is 1. The molecule has 1 saturated heterocycles. The fourth-order valence-electron chi connectivity index (χ4n) is 8.29. The van der Waals surface area contributed by atoms with Crippen LogP contribution in [0.3, 0.4) is 0 Å². The number of carbonyl (C=O) groups is 3. The van der Waals surface area contributed by atoms with E-state index in [2.05, 4.69) is 22.4 Å². The van der Waals surface area contributed by atoms with Crippen LogP contribution in [-0.4, -0.2) is 27.4 Å². The molecule has 1 aliphatic heterocycles. The Bertz CT molecular complexity index is 1500. The maximum Gasteiger partial charge on any atom is 0.335 e. The Morgan fingerprint density at radius 1 is 0.923 bits per heavy atom. The van der Waals surface area contributed by atoms with Crippen molar-refractivity contribution in [3.05, 3.63) is 82.9 Å². The molecular weight excluding hydrogens is 488 g/mol. The van der Waals surface area contributed by atoms with Crippen molar-refractivity contribution in [2.75, 3.05) is 4.90 Å². The highest BCUT2D eigenvalue weighted by Gasteiger charge is 2.51. The number of barbiturate groups is 1. The molecule has 7 heteroatoms. The number of hydrogen-bond donors (Lipinski definition) is 1. The Hall–Kier alpha value is -4.00. The van der Waals surface area contributed by atoms with Crippen LogP contribution in [0, 0.1) is 31.6 Å². The van der Waals surface area contributed by atoms with Crippen LogP contribution >= 0.6 is 0 Å². The number of anilines is 1. The second kappa shape index (κ2) is 8.76. The Labute approximate surface area is 227 Å². The maximum atomic E-state index is 13.6. The van der Waals surface area contributed by atoms with Gasteiger partial charge in [-0.25, -0.2) is 9.69 Å². The molecule has 3 heterocycles. The molecule has 39 heavy (non-hydrogen) atoms. The highest BCUT2D eigenvalue weighted by atomic mass is 16.2. The van der Waals surface area contributed by atoms with E-state index in [0.717, 1.165) is 45.3 Å². The van der Waals surface area contributed by atoms with Gasteiger partial charge >= 0.3 is 6.03 Å². The van der Waals surface area contributed by atoms with E-state index in [1.807, 2.05) is 48.7 Å². The van der Waals surface area contributed by atoms with Crippen molar-refractivity contribution in [2.24, 2.45) is 17.8 Å². The fraction of sp³-hybridized carbons (Fsp3) is 0.375. The molecule has 0 radical (unpaired) electrons. The number of rotatable bonds is 4. The van der Waals surface area contributed by atoms with E-state index in [1.165, 1.54) is 44.1 Å². The normalized spacial score (nSPS) is 28.9. The van der Waals surface area contributed by atoms with Crippen LogP contribution in [0.25, 0.3) is 11.8 Å². The van der Waals surface area contributed by atoms with Crippen molar-refractivity contribution in [3.63, 3.8) is 0 Å². The van der Waals surface area contributed by atoms with Gasteiger partial charge in [0.05, 0.1) is 17.6 Å². The zero-order valence-electron chi connectivity index (χ0n) is 22.3. The fourth-order valence-corrected chi connectivity index (χ4v) is 8.29. The van der Waals surface area contributed by atoms with Crippen molar-refractivity contribution in [1.29, 1.82) is 0 Å². The van der Waals surface area contributed by atoms with E-state index in [-0.39, 0.29) is 11.0 Å². The van der Waals surface area contributed by atoms with Gasteiger partial charge in [-0.3, -0.25) is 19.9 Å². The molecule has 4 amide bonds. The maximum absolute atomic E-state index is 13.6. The topological polar surface area (TPSA) is 84.3 Å². The third-order valence-corrected chi connectivity index (χ3v) is 9.55. The van der Waals surface area contributed by atoms with E-state index in [0.29, 0.717) is 5.69 Å². The zero-order chi connectivity index (χ0) is 26.9. The van der Waals surface area contributed by atoms with E-state index in [1.54, 1.807) is 18.5 Å². The van der Waals surface area contributed by atoms with Gasteiger partial charge in [0.15, 0.2) is 0 Å². The van der Waals surface area contributed by atoms with Gasteiger partial charge in [0.2, 0.25) is 0 Å². The molecule has 5 fully saturated rings. The van der Waals surface area contributed by atoms with Crippen LogP contribution in [0.15, 0.2) is 60.4 Å². The lowest BCUT2D eigenvalue weighted by molar-refractivity contribution is -0.122. The van der Waals surface area contributed by atoms with Gasteiger partial charge < -0.3 is 4.57 Å². The summed E-state index contributed by atoms with van der Waals surface area (Å²) in [5, 5.41) is 2.37. The average molecular weight is 521 g/mol. The zero-order valence-corrected chi connectivity index (χ0v) is 22.3. The van der Waals surface area contributed by atoms with Crippen LogP contribution in [0.4, 0.5) is 10.5 Å². The third-order valence-electron chi connectivity index (χ3n) is 9.55. The first-order valence-electron chi connectivity index (χ1n) is 13.9. The average Bonchev–Trinajstić information content (AvgIpc) is 3.19. The lowest BCUT2D eigenvalue weighted by Gasteiger charge is -2.57. The van der Waals surface area contributed by atoms with Crippen LogP contribution in [0.1, 0.15) is 61.0 Å². The van der Waals surface area contributed by atoms with Crippen LogP contribution < -0.4 is 10.2 Å². The van der Waals surface area contributed by atoms with Crippen LogP contribution in [-0.2, 0) is 15.0 Å². The molecule has 5 aliphatic rings. The molecule has 198 valence electrons. The van der Waals surface area contributed by atoms with E-state index in [4.69, 9.17) is 0 Å². The smallest absolute Gasteiger partial charge is 0.316 e. The third kappa shape index (κ3) is 3.86. The molecule has 8 rings (SSSR count). The number of benzene rings is 1. The summed E-state index contributed by atoms with van der Waals surface area (Å²) in [6.07, 6.45) is 13.0. The molecule has 1 N–H and O–H groups in total. The highest BCUT2D eigenvalue weighted by molar-refractivity contribution is 6.39. The Kier molecular flexibility index (Phi) is 5.41. The largest absolute Gasteiger partial charge is 0.335 e. The van der Waals surface area contributed by atoms with Crippen molar-refractivity contribution < 1.29 is 14.4 Å². The number of nitrogens with zero attached hydrogens (tertiary/aromatic N) is 3. The Morgan fingerprint density at radius 2 is 1.59 bits per heavy atom. The summed E-state index contributed by atoms with van der Waals surface area (Å²) in [4.78, 5) is 44.6. The predicted molar refractivity (Wildman–Crippen MR) is 148 cm³/mol. The summed E-state index contributed by atoms with van der Waals surface area (Å²) in [6.45, 7) is 3.90. The quantitative estimate of drug-likeness (QED) is 0.357. The van der Waals surface area contributed by atoms with Crippen LogP contribution in [0.5, 0.6) is 0 Å². The van der Waals surface area contributed by atoms with Gasteiger partial charge in [0, 0.05) is 17.6 Å². The second-order valence-electron chi connectivity index (χ2n) is 12.1. The standard InChI is InChI=1S/C32H32N4O3/c1-19-10-24(20(2)35(19)27-4-3-9-33-18-27)14-28-29(37)34-31(39)36(30(28)38)26-7-5-25(6-8-26)32-15-21-11-22(16-32)13-23(12-21)17-32/h3-10,14,18,21-23H,11-13,15-17H2,1-2H3,(H,34,37,39)/b28-14+. The molecule has 0 atom stereocenters. The number of nitrogens with one attached hydrogen (secondary N) is 1. The summed E-state index contributed by atoms with van der Waals surface area (Å²) in [5.74, 6) is 1.22. The van der Waals surface area contributed by atoms with Crippen LogP contribution in [0.2, 0.25) is 0 Å². The minimum atomic E-state index is -0.717. The molecule has 0 unspecified atom stereocenters. The van der Waals surface area contributed by atoms with E-state index >= 15 is 0 Å². The highest BCUT2D eigenvalue weighted by Crippen LogP contribution is 2.60. The van der Waals surface area contributed by atoms with Crippen molar-refractivity contribution in [3.8, 4) is 5.69 Å². The van der Waals surface area contributed by atoms with Gasteiger partial charge in [-0.1, -0.05) is 12.1 Å². The SMILES string of the molecule is Cc1cc(/C=C2\C(=O)NC(=O)N(c3ccc(C45CC6CC(CC(C6)C4)C5)cc3)C2=O)c(C)n1-c1cccnc1. The van der Waals surface area contributed by atoms with Gasteiger partial charge in [-0.15, -0.1) is 0 Å². The molecule has 4 saturated carbocycles. The number of carbonyl (C=O) groups excluding carboxylic acids is 3. The minimum absolute atomic E-state index is 0.0637. The number of imide groups is 2. The molecule has 4 aliphatic carbocycles. The molecule has 1 aromatic carbocycles. The first kappa shape index (κ1) is 24.1. The second-order valence-corrected chi connectivity index (χ2v) is 12.1. The van der Waals surface area contributed by atoms with Crippen molar-refractivity contribution in [1.82, 2.24) is 14.9 Å². The van der Waals surface area contributed by atoms with E-state index < -0.39 is 17.8 Å². The predicted octanol–water partition coefficient (Wildman–Crippen LogP) is 5.62. The summed E-state index contributed by atoms with van der Waals surface area (Å²) in [5.41, 5.74) is 5.43.